The number of hydrogen-bond donors (Lipinski definition) is 2. The summed E-state index contributed by atoms with van der Waals surface area (Å²) in [4.78, 5) is 4.11. The third-order valence-corrected chi connectivity index (χ3v) is 3.12. The second kappa shape index (κ2) is 5.59. The fraction of sp³-hybridized carbons (Fsp3) is 0.0769. The number of pyridine rings is 1. The number of halogens is 1. The molecule has 0 bridgehead atoms. The number of ether oxygens (including phenoxy) is 1. The minimum absolute atomic E-state index is 0.418. The number of methoxy groups -OCH3 is 1. The molecule has 1 aromatic heterocycles. The SMILES string of the molecule is COc1cc(Nc2ncc(C#N)cc2N)ccc1Br. The summed E-state index contributed by atoms with van der Waals surface area (Å²) in [5.74, 6) is 1.21. The van der Waals surface area contributed by atoms with Crippen molar-refractivity contribution in [3.8, 4) is 11.8 Å². The molecule has 0 aliphatic carbocycles. The maximum Gasteiger partial charge on any atom is 0.153 e. The van der Waals surface area contributed by atoms with Gasteiger partial charge in [0.05, 0.1) is 22.8 Å². The first-order valence-electron chi connectivity index (χ1n) is 5.40. The van der Waals surface area contributed by atoms with Gasteiger partial charge in [0.1, 0.15) is 11.8 Å². The fourth-order valence-corrected chi connectivity index (χ4v) is 1.93. The largest absolute Gasteiger partial charge is 0.495 e. The lowest BCUT2D eigenvalue weighted by molar-refractivity contribution is 0.412. The van der Waals surface area contributed by atoms with Crippen LogP contribution >= 0.6 is 15.9 Å². The zero-order valence-corrected chi connectivity index (χ0v) is 11.7. The van der Waals surface area contributed by atoms with Crippen molar-refractivity contribution in [1.29, 1.82) is 5.26 Å². The van der Waals surface area contributed by atoms with Crippen molar-refractivity contribution in [1.82, 2.24) is 4.98 Å². The molecule has 19 heavy (non-hydrogen) atoms. The van der Waals surface area contributed by atoms with Crippen LogP contribution in [0.2, 0.25) is 0 Å². The first-order chi connectivity index (χ1) is 9.13. The molecule has 0 fully saturated rings. The van der Waals surface area contributed by atoms with Crippen LogP contribution in [0.25, 0.3) is 0 Å². The number of nitriles is 1. The number of nitrogens with two attached hydrogens (primary N) is 1. The van der Waals surface area contributed by atoms with E-state index < -0.39 is 0 Å². The molecule has 1 aromatic carbocycles. The van der Waals surface area contributed by atoms with Crippen LogP contribution in [0.4, 0.5) is 17.2 Å². The first kappa shape index (κ1) is 13.2. The monoisotopic (exact) mass is 318 g/mol. The van der Waals surface area contributed by atoms with Crippen LogP contribution in [0.1, 0.15) is 5.56 Å². The molecule has 0 atom stereocenters. The molecule has 0 aliphatic rings. The van der Waals surface area contributed by atoms with Crippen molar-refractivity contribution in [2.24, 2.45) is 0 Å². The molecule has 0 spiro atoms. The number of anilines is 3. The molecule has 6 heteroatoms. The Hall–Kier alpha value is -2.26. The van der Waals surface area contributed by atoms with Crippen molar-refractivity contribution in [3.63, 3.8) is 0 Å². The summed E-state index contributed by atoms with van der Waals surface area (Å²) in [6.07, 6.45) is 1.47. The highest BCUT2D eigenvalue weighted by molar-refractivity contribution is 9.10. The summed E-state index contributed by atoms with van der Waals surface area (Å²) in [5.41, 5.74) is 7.47. The van der Waals surface area contributed by atoms with Gasteiger partial charge in [0.15, 0.2) is 5.82 Å². The van der Waals surface area contributed by atoms with Gasteiger partial charge in [0.2, 0.25) is 0 Å². The van der Waals surface area contributed by atoms with E-state index in [1.54, 1.807) is 13.2 Å². The highest BCUT2D eigenvalue weighted by Gasteiger charge is 2.05. The van der Waals surface area contributed by atoms with Crippen molar-refractivity contribution in [3.05, 3.63) is 40.5 Å². The van der Waals surface area contributed by atoms with Crippen molar-refractivity contribution in [2.45, 2.75) is 0 Å². The molecule has 1 heterocycles. The smallest absolute Gasteiger partial charge is 0.153 e. The van der Waals surface area contributed by atoms with Gasteiger partial charge in [-0.05, 0) is 34.1 Å². The number of benzene rings is 1. The second-order valence-electron chi connectivity index (χ2n) is 3.75. The molecule has 0 unspecified atom stereocenters. The fourth-order valence-electron chi connectivity index (χ4n) is 1.52. The average Bonchev–Trinajstić information content (AvgIpc) is 2.43. The number of aromatic nitrogens is 1. The third kappa shape index (κ3) is 2.95. The number of rotatable bonds is 3. The van der Waals surface area contributed by atoms with Gasteiger partial charge in [-0.2, -0.15) is 5.26 Å². The normalized spacial score (nSPS) is 9.74. The van der Waals surface area contributed by atoms with Gasteiger partial charge in [-0.15, -0.1) is 0 Å². The van der Waals surface area contributed by atoms with E-state index >= 15 is 0 Å². The molecule has 0 saturated carbocycles. The predicted molar refractivity (Wildman–Crippen MR) is 77.3 cm³/mol. The van der Waals surface area contributed by atoms with E-state index in [2.05, 4.69) is 26.2 Å². The molecule has 0 aliphatic heterocycles. The van der Waals surface area contributed by atoms with E-state index in [9.17, 15) is 0 Å². The van der Waals surface area contributed by atoms with Gasteiger partial charge < -0.3 is 15.8 Å². The van der Waals surface area contributed by atoms with E-state index in [0.29, 0.717) is 22.8 Å². The van der Waals surface area contributed by atoms with E-state index in [4.69, 9.17) is 15.7 Å². The summed E-state index contributed by atoms with van der Waals surface area (Å²) in [6, 6.07) is 9.11. The number of nitrogen functional groups attached to an aromatic ring is 1. The van der Waals surface area contributed by atoms with Gasteiger partial charge in [-0.3, -0.25) is 0 Å². The lowest BCUT2D eigenvalue weighted by Gasteiger charge is -2.10. The van der Waals surface area contributed by atoms with Gasteiger partial charge in [0.25, 0.3) is 0 Å². The highest BCUT2D eigenvalue weighted by Crippen LogP contribution is 2.30. The van der Waals surface area contributed by atoms with Crippen LogP contribution in [0.5, 0.6) is 5.75 Å². The van der Waals surface area contributed by atoms with Gasteiger partial charge in [-0.25, -0.2) is 4.98 Å². The van der Waals surface area contributed by atoms with Gasteiger partial charge >= 0.3 is 0 Å². The molecule has 3 N–H and O–H groups in total. The molecule has 0 radical (unpaired) electrons. The molecule has 2 rings (SSSR count). The van der Waals surface area contributed by atoms with Crippen molar-refractivity contribution < 1.29 is 4.74 Å². The Morgan fingerprint density at radius 1 is 1.42 bits per heavy atom. The lowest BCUT2D eigenvalue weighted by Crippen LogP contribution is -2.00. The molecular formula is C13H11BrN4O. The standard InChI is InChI=1S/C13H11BrN4O/c1-19-12-5-9(2-3-10(12)14)18-13-11(16)4-8(6-15)7-17-13/h2-5,7H,16H2,1H3,(H,17,18). The van der Waals surface area contributed by atoms with Crippen LogP contribution in [0.3, 0.4) is 0 Å². The minimum atomic E-state index is 0.418. The molecule has 0 amide bonds. The summed E-state index contributed by atoms with van der Waals surface area (Å²) < 4.78 is 6.07. The topological polar surface area (TPSA) is 84.0 Å². The van der Waals surface area contributed by atoms with Crippen LogP contribution < -0.4 is 15.8 Å². The Morgan fingerprint density at radius 2 is 2.21 bits per heavy atom. The Labute approximate surface area is 119 Å². The van der Waals surface area contributed by atoms with Gasteiger partial charge in [-0.1, -0.05) is 0 Å². The van der Waals surface area contributed by atoms with Crippen LogP contribution in [0, 0.1) is 11.3 Å². The summed E-state index contributed by atoms with van der Waals surface area (Å²) >= 11 is 3.38. The third-order valence-electron chi connectivity index (χ3n) is 2.46. The average molecular weight is 319 g/mol. The van der Waals surface area contributed by atoms with Crippen LogP contribution in [-0.4, -0.2) is 12.1 Å². The second-order valence-corrected chi connectivity index (χ2v) is 4.60. The Balaban J connectivity index is 2.29. The zero-order chi connectivity index (χ0) is 13.8. The summed E-state index contributed by atoms with van der Waals surface area (Å²) in [7, 11) is 1.60. The first-order valence-corrected chi connectivity index (χ1v) is 6.19. The number of nitrogens with one attached hydrogen (secondary N) is 1. The minimum Gasteiger partial charge on any atom is -0.495 e. The number of nitrogens with zero attached hydrogens (tertiary/aromatic N) is 2. The van der Waals surface area contributed by atoms with Crippen LogP contribution in [-0.2, 0) is 0 Å². The Kier molecular flexibility index (Phi) is 3.88. The molecule has 96 valence electrons. The molecular weight excluding hydrogens is 308 g/mol. The molecule has 2 aromatic rings. The van der Waals surface area contributed by atoms with Crippen LogP contribution in [0.15, 0.2) is 34.9 Å². The van der Waals surface area contributed by atoms with E-state index in [-0.39, 0.29) is 0 Å². The maximum absolute atomic E-state index is 8.75. The van der Waals surface area contributed by atoms with E-state index in [0.717, 1.165) is 10.2 Å². The Morgan fingerprint density at radius 3 is 2.84 bits per heavy atom. The maximum atomic E-state index is 8.75. The quantitative estimate of drug-likeness (QED) is 0.908. The predicted octanol–water partition coefficient (Wildman–Crippen LogP) is 3.05. The molecule has 0 saturated heterocycles. The summed E-state index contributed by atoms with van der Waals surface area (Å²) in [6.45, 7) is 0. The zero-order valence-electron chi connectivity index (χ0n) is 10.1. The Bertz CT molecular complexity index is 652. The summed E-state index contributed by atoms with van der Waals surface area (Å²) in [5, 5.41) is 11.8. The van der Waals surface area contributed by atoms with Crippen molar-refractivity contribution >= 4 is 33.1 Å². The molecule has 5 nitrogen and oxygen atoms in total. The van der Waals surface area contributed by atoms with Crippen molar-refractivity contribution in [2.75, 3.05) is 18.2 Å². The number of hydrogen-bond acceptors (Lipinski definition) is 5. The lowest BCUT2D eigenvalue weighted by atomic mass is 10.2. The highest BCUT2D eigenvalue weighted by atomic mass is 79.9. The van der Waals surface area contributed by atoms with E-state index in [1.165, 1.54) is 6.20 Å². The van der Waals surface area contributed by atoms with E-state index in [1.807, 2.05) is 24.3 Å². The van der Waals surface area contributed by atoms with Gasteiger partial charge in [0, 0.05) is 18.0 Å².